The first-order chi connectivity index (χ1) is 17.9. The summed E-state index contributed by atoms with van der Waals surface area (Å²) >= 11 is 1.73. The molecule has 1 saturated heterocycles. The van der Waals surface area contributed by atoms with Crippen molar-refractivity contribution in [3.63, 3.8) is 0 Å². The second-order valence-electron chi connectivity index (χ2n) is 9.40. The van der Waals surface area contributed by atoms with Crippen LogP contribution in [-0.2, 0) is 17.6 Å². The number of benzene rings is 2. The number of hydrogen-bond donors (Lipinski definition) is 2. The maximum Gasteiger partial charge on any atom is 0.255 e. The van der Waals surface area contributed by atoms with Crippen LogP contribution in [0.3, 0.4) is 0 Å². The predicted molar refractivity (Wildman–Crippen MR) is 141 cm³/mol. The summed E-state index contributed by atoms with van der Waals surface area (Å²) in [5, 5.41) is 13.1. The molecule has 2 aromatic carbocycles. The number of methoxy groups -OCH3 is 1. The number of unbranched alkanes of at least 4 members (excludes halogenated alkanes) is 1. The normalized spacial score (nSPS) is 18.7. The number of nitrogens with one attached hydrogen (secondary N) is 1. The van der Waals surface area contributed by atoms with Gasteiger partial charge in [-0.2, -0.15) is 11.8 Å². The van der Waals surface area contributed by atoms with Crippen molar-refractivity contribution in [2.24, 2.45) is 0 Å². The Morgan fingerprint density at radius 2 is 2.05 bits per heavy atom. The zero-order chi connectivity index (χ0) is 26.4. The highest BCUT2D eigenvalue weighted by Crippen LogP contribution is 2.40. The van der Waals surface area contributed by atoms with Crippen LogP contribution >= 0.6 is 11.8 Å². The van der Waals surface area contributed by atoms with Crippen LogP contribution in [0.1, 0.15) is 63.1 Å². The summed E-state index contributed by atoms with van der Waals surface area (Å²) in [5.41, 5.74) is 2.67. The molecule has 9 heteroatoms. The Kier molecular flexibility index (Phi) is 9.45. The van der Waals surface area contributed by atoms with Crippen LogP contribution in [0.15, 0.2) is 24.3 Å². The zero-order valence-corrected chi connectivity index (χ0v) is 22.1. The van der Waals surface area contributed by atoms with Gasteiger partial charge in [0.2, 0.25) is 0 Å². The fourth-order valence-electron chi connectivity index (χ4n) is 4.88. The van der Waals surface area contributed by atoms with Gasteiger partial charge in [0.25, 0.3) is 5.91 Å². The lowest BCUT2D eigenvalue weighted by atomic mass is 9.95. The van der Waals surface area contributed by atoms with Gasteiger partial charge in [-0.25, -0.2) is 4.39 Å². The number of hydrogen-bond acceptors (Lipinski definition) is 7. The van der Waals surface area contributed by atoms with Crippen LogP contribution in [0, 0.1) is 5.82 Å². The van der Waals surface area contributed by atoms with Gasteiger partial charge in [0.05, 0.1) is 43.6 Å². The molecule has 7 nitrogen and oxygen atoms in total. The van der Waals surface area contributed by atoms with E-state index in [1.54, 1.807) is 30.0 Å². The van der Waals surface area contributed by atoms with Gasteiger partial charge in [0.1, 0.15) is 17.3 Å². The molecule has 2 N–H and O–H groups in total. The molecule has 0 aliphatic carbocycles. The van der Waals surface area contributed by atoms with Gasteiger partial charge >= 0.3 is 0 Å². The second-order valence-corrected chi connectivity index (χ2v) is 10.4. The van der Waals surface area contributed by atoms with Crippen LogP contribution in [0.4, 0.5) is 4.39 Å². The maximum atomic E-state index is 14.9. The lowest BCUT2D eigenvalue weighted by molar-refractivity contribution is -0.0261. The first-order valence-corrected chi connectivity index (χ1v) is 14.0. The largest absolute Gasteiger partial charge is 0.495 e. The van der Waals surface area contributed by atoms with Crippen molar-refractivity contribution in [2.45, 2.75) is 50.7 Å². The van der Waals surface area contributed by atoms with Crippen LogP contribution in [0.2, 0.25) is 0 Å². The van der Waals surface area contributed by atoms with E-state index in [2.05, 4.69) is 5.32 Å². The van der Waals surface area contributed by atoms with Crippen molar-refractivity contribution in [2.75, 3.05) is 38.9 Å². The fraction of sp³-hybridized carbons (Fsp3) is 0.500. The molecule has 1 fully saturated rings. The second kappa shape index (κ2) is 12.8. The predicted octanol–water partition coefficient (Wildman–Crippen LogP) is 3.96. The Labute approximate surface area is 221 Å². The molecule has 0 saturated carbocycles. The van der Waals surface area contributed by atoms with Crippen molar-refractivity contribution in [3.05, 3.63) is 57.9 Å². The third-order valence-electron chi connectivity index (χ3n) is 6.82. The average molecular weight is 532 g/mol. The zero-order valence-electron chi connectivity index (χ0n) is 21.3. The number of carbonyl (C=O) groups excluding carboxylic acids is 2. The summed E-state index contributed by atoms with van der Waals surface area (Å²) < 4.78 is 31.7. The molecule has 2 heterocycles. The van der Waals surface area contributed by atoms with Gasteiger partial charge in [0, 0.05) is 31.4 Å². The van der Waals surface area contributed by atoms with Crippen molar-refractivity contribution >= 4 is 23.5 Å². The van der Waals surface area contributed by atoms with Crippen LogP contribution in [-0.4, -0.2) is 67.9 Å². The average Bonchev–Trinajstić information content (AvgIpc) is 3.38. The summed E-state index contributed by atoms with van der Waals surface area (Å²) in [6.45, 7) is 1.10. The summed E-state index contributed by atoms with van der Waals surface area (Å²) in [6, 6.07) is 5.98. The highest BCUT2D eigenvalue weighted by atomic mass is 32.2. The molecule has 0 aromatic heterocycles. The Balaban J connectivity index is 1.56. The molecule has 2 aromatic rings. The van der Waals surface area contributed by atoms with Gasteiger partial charge in [0.15, 0.2) is 5.78 Å². The summed E-state index contributed by atoms with van der Waals surface area (Å²) in [5.74, 6) is 1.00. The minimum atomic E-state index is -0.782. The van der Waals surface area contributed by atoms with Gasteiger partial charge in [-0.1, -0.05) is 6.07 Å². The molecule has 2 atom stereocenters. The smallest absolute Gasteiger partial charge is 0.255 e. The molecule has 0 spiro atoms. The van der Waals surface area contributed by atoms with E-state index in [0.29, 0.717) is 61.5 Å². The first-order valence-electron chi connectivity index (χ1n) is 12.7. The quantitative estimate of drug-likeness (QED) is 0.335. The molecule has 2 aliphatic heterocycles. The van der Waals surface area contributed by atoms with E-state index in [1.807, 2.05) is 6.26 Å². The summed E-state index contributed by atoms with van der Waals surface area (Å²) in [4.78, 5) is 25.7. The van der Waals surface area contributed by atoms with Crippen molar-refractivity contribution in [1.82, 2.24) is 5.32 Å². The van der Waals surface area contributed by atoms with E-state index < -0.39 is 18.0 Å². The molecule has 0 radical (unpaired) electrons. The van der Waals surface area contributed by atoms with E-state index in [9.17, 15) is 19.1 Å². The SMILES string of the molecule is COc1c(C(=O)N[C@H]2CCOC[C@@H]2O)cc(Cc2ccc(C(=O)CCCCSC)c(F)c2)c2c1CCO2. The molecule has 0 bridgehead atoms. The third kappa shape index (κ3) is 6.45. The minimum Gasteiger partial charge on any atom is -0.495 e. The van der Waals surface area contributed by atoms with Crippen molar-refractivity contribution in [1.29, 1.82) is 0 Å². The molecular weight excluding hydrogens is 497 g/mol. The monoisotopic (exact) mass is 531 g/mol. The number of aliphatic hydroxyl groups excluding tert-OH is 1. The van der Waals surface area contributed by atoms with E-state index in [1.165, 1.54) is 13.2 Å². The molecule has 200 valence electrons. The van der Waals surface area contributed by atoms with Gasteiger partial charge in [-0.15, -0.1) is 0 Å². The maximum absolute atomic E-state index is 14.9. The molecule has 0 unspecified atom stereocenters. The van der Waals surface area contributed by atoms with Crippen LogP contribution in [0.5, 0.6) is 11.5 Å². The molecule has 37 heavy (non-hydrogen) atoms. The standard InChI is InChI=1S/C28H34FNO6S/c1-34-27-20-8-11-36-26(20)18(15-21(27)28(33)30-23-9-10-35-16-25(23)32)13-17-6-7-19(22(29)14-17)24(31)5-3-4-12-37-2/h6-7,14-15,23,25,32H,3-5,8-13,16H2,1-2H3,(H,30,33)/t23-,25-/m0/s1. The van der Waals surface area contributed by atoms with E-state index in [0.717, 1.165) is 29.7 Å². The summed E-state index contributed by atoms with van der Waals surface area (Å²) in [6.07, 6.45) is 4.67. The number of carbonyl (C=O) groups is 2. The van der Waals surface area contributed by atoms with Crippen LogP contribution < -0.4 is 14.8 Å². The van der Waals surface area contributed by atoms with E-state index >= 15 is 0 Å². The lowest BCUT2D eigenvalue weighted by Gasteiger charge is -2.28. The Bertz CT molecular complexity index is 1140. The first kappa shape index (κ1) is 27.4. The van der Waals surface area contributed by atoms with E-state index in [-0.39, 0.29) is 23.9 Å². The number of aliphatic hydroxyl groups is 1. The molecule has 4 rings (SSSR count). The number of fused-ring (bicyclic) bond motifs is 1. The topological polar surface area (TPSA) is 94.1 Å². The molecule has 2 aliphatic rings. The Morgan fingerprint density at radius 3 is 2.78 bits per heavy atom. The highest BCUT2D eigenvalue weighted by Gasteiger charge is 2.30. The fourth-order valence-corrected chi connectivity index (χ4v) is 5.37. The highest BCUT2D eigenvalue weighted by molar-refractivity contribution is 7.98. The number of halogens is 1. The van der Waals surface area contributed by atoms with Crippen molar-refractivity contribution in [3.8, 4) is 11.5 Å². The number of Topliss-reactive ketones (excluding diaryl/α,β-unsaturated/α-hetero) is 1. The Hall–Kier alpha value is -2.62. The van der Waals surface area contributed by atoms with Gasteiger partial charge < -0.3 is 24.6 Å². The number of rotatable bonds is 11. The number of thioether (sulfide) groups is 1. The summed E-state index contributed by atoms with van der Waals surface area (Å²) in [7, 11) is 1.51. The minimum absolute atomic E-state index is 0.110. The number of ether oxygens (including phenoxy) is 3. The Morgan fingerprint density at radius 1 is 1.22 bits per heavy atom. The van der Waals surface area contributed by atoms with Crippen LogP contribution in [0.25, 0.3) is 0 Å². The number of amides is 1. The molecule has 1 amide bonds. The van der Waals surface area contributed by atoms with Gasteiger partial charge in [-0.3, -0.25) is 9.59 Å². The molecular formula is C28H34FNO6S. The van der Waals surface area contributed by atoms with Gasteiger partial charge in [-0.05, 0) is 60.6 Å². The lowest BCUT2D eigenvalue weighted by Crippen LogP contribution is -2.48. The number of ketones is 1. The third-order valence-corrected chi connectivity index (χ3v) is 7.52. The van der Waals surface area contributed by atoms with Crippen molar-refractivity contribution < 1.29 is 33.3 Å². The van der Waals surface area contributed by atoms with E-state index in [4.69, 9.17) is 14.2 Å².